The van der Waals surface area contributed by atoms with Crippen molar-refractivity contribution >= 4 is 5.57 Å². The predicted octanol–water partition coefficient (Wildman–Crippen LogP) is 4.07. The zero-order chi connectivity index (χ0) is 15.1. The molecule has 0 aliphatic heterocycles. The van der Waals surface area contributed by atoms with Crippen molar-refractivity contribution in [1.82, 2.24) is 5.32 Å². The summed E-state index contributed by atoms with van der Waals surface area (Å²) >= 11 is 0. The van der Waals surface area contributed by atoms with Crippen LogP contribution in [0.4, 0.5) is 0 Å². The van der Waals surface area contributed by atoms with Gasteiger partial charge in [0.1, 0.15) is 12.4 Å². The van der Waals surface area contributed by atoms with Gasteiger partial charge in [-0.15, -0.1) is 0 Å². The van der Waals surface area contributed by atoms with Crippen LogP contribution in [0.15, 0.2) is 61.2 Å². The first-order chi connectivity index (χ1) is 10.1. The van der Waals surface area contributed by atoms with Crippen LogP contribution in [0.3, 0.4) is 0 Å². The van der Waals surface area contributed by atoms with Crippen LogP contribution in [0.25, 0.3) is 5.57 Å². The highest BCUT2D eigenvalue weighted by atomic mass is 16.5. The van der Waals surface area contributed by atoms with E-state index in [1.807, 2.05) is 30.3 Å². The lowest BCUT2D eigenvalue weighted by Gasteiger charge is -2.16. The van der Waals surface area contributed by atoms with Crippen LogP contribution < -0.4 is 10.1 Å². The molecule has 0 fully saturated rings. The first-order valence-electron chi connectivity index (χ1n) is 7.31. The number of aryl methyl sites for hydroxylation is 1. The molecular weight excluding hydrogens is 258 g/mol. The van der Waals surface area contributed by atoms with E-state index in [9.17, 15) is 0 Å². The number of ether oxygens (including phenoxy) is 1. The fourth-order valence-corrected chi connectivity index (χ4v) is 1.99. The van der Waals surface area contributed by atoms with Gasteiger partial charge in [0.2, 0.25) is 0 Å². The van der Waals surface area contributed by atoms with Crippen LogP contribution >= 0.6 is 0 Å². The molecule has 0 radical (unpaired) electrons. The van der Waals surface area contributed by atoms with Gasteiger partial charge in [-0.05, 0) is 37.1 Å². The van der Waals surface area contributed by atoms with Crippen LogP contribution in [0.5, 0.6) is 5.75 Å². The van der Waals surface area contributed by atoms with E-state index in [-0.39, 0.29) is 6.04 Å². The maximum Gasteiger partial charge on any atom is 0.119 e. The molecule has 0 bridgehead atoms. The van der Waals surface area contributed by atoms with Crippen LogP contribution in [0, 0.1) is 6.92 Å². The number of rotatable bonds is 7. The molecule has 0 aromatic heterocycles. The first kappa shape index (κ1) is 15.3. The third-order valence-electron chi connectivity index (χ3n) is 3.37. The molecule has 0 spiro atoms. The molecule has 2 aromatic rings. The van der Waals surface area contributed by atoms with Gasteiger partial charge in [-0.1, -0.05) is 54.6 Å². The van der Waals surface area contributed by atoms with E-state index < -0.39 is 0 Å². The Hall–Kier alpha value is -2.06. The van der Waals surface area contributed by atoms with Crippen molar-refractivity contribution in [3.63, 3.8) is 0 Å². The van der Waals surface area contributed by atoms with Gasteiger partial charge in [-0.25, -0.2) is 0 Å². The van der Waals surface area contributed by atoms with Gasteiger partial charge in [-0.3, -0.25) is 0 Å². The summed E-state index contributed by atoms with van der Waals surface area (Å²) in [6.07, 6.45) is 0. The Kier molecular flexibility index (Phi) is 5.59. The lowest BCUT2D eigenvalue weighted by Crippen LogP contribution is -2.32. The van der Waals surface area contributed by atoms with Crippen molar-refractivity contribution < 1.29 is 4.74 Å². The summed E-state index contributed by atoms with van der Waals surface area (Å²) in [6.45, 7) is 9.72. The van der Waals surface area contributed by atoms with E-state index in [1.54, 1.807) is 0 Å². The molecule has 0 aliphatic carbocycles. The van der Waals surface area contributed by atoms with Gasteiger partial charge >= 0.3 is 0 Å². The van der Waals surface area contributed by atoms with E-state index in [0.29, 0.717) is 6.61 Å². The van der Waals surface area contributed by atoms with E-state index >= 15 is 0 Å². The topological polar surface area (TPSA) is 21.3 Å². The monoisotopic (exact) mass is 281 g/mol. The lowest BCUT2D eigenvalue weighted by molar-refractivity contribution is 0.277. The summed E-state index contributed by atoms with van der Waals surface area (Å²) in [4.78, 5) is 0. The largest absolute Gasteiger partial charge is 0.492 e. The third kappa shape index (κ3) is 5.09. The van der Waals surface area contributed by atoms with Crippen LogP contribution in [-0.2, 0) is 0 Å². The minimum Gasteiger partial charge on any atom is -0.492 e. The maximum atomic E-state index is 5.77. The van der Waals surface area contributed by atoms with Crippen LogP contribution in [-0.4, -0.2) is 19.2 Å². The summed E-state index contributed by atoms with van der Waals surface area (Å²) < 4.78 is 5.77. The molecule has 0 saturated heterocycles. The number of nitrogens with one attached hydrogen (secondary N) is 1. The zero-order valence-electron chi connectivity index (χ0n) is 12.8. The van der Waals surface area contributed by atoms with Crippen molar-refractivity contribution in [3.05, 3.63) is 72.3 Å². The average Bonchev–Trinajstić information content (AvgIpc) is 2.53. The molecule has 2 nitrogen and oxygen atoms in total. The number of benzene rings is 2. The molecule has 2 rings (SSSR count). The fourth-order valence-electron chi connectivity index (χ4n) is 1.99. The second-order valence-electron chi connectivity index (χ2n) is 5.38. The molecule has 0 amide bonds. The first-order valence-corrected chi connectivity index (χ1v) is 7.31. The second kappa shape index (κ2) is 7.65. The summed E-state index contributed by atoms with van der Waals surface area (Å²) in [6, 6.07) is 18.6. The SMILES string of the molecule is C=C(CNC(C)COc1ccc(C)cc1)c1ccccc1. The fraction of sp³-hybridized carbons (Fsp3) is 0.263. The molecule has 21 heavy (non-hydrogen) atoms. The third-order valence-corrected chi connectivity index (χ3v) is 3.37. The zero-order valence-corrected chi connectivity index (χ0v) is 12.8. The summed E-state index contributed by atoms with van der Waals surface area (Å²) in [5.74, 6) is 0.913. The minimum atomic E-state index is 0.270. The highest BCUT2D eigenvalue weighted by Crippen LogP contribution is 2.12. The van der Waals surface area contributed by atoms with Crippen molar-refractivity contribution in [1.29, 1.82) is 0 Å². The highest BCUT2D eigenvalue weighted by Gasteiger charge is 2.04. The molecule has 1 unspecified atom stereocenters. The molecule has 2 aromatic carbocycles. The van der Waals surface area contributed by atoms with Crippen molar-refractivity contribution in [3.8, 4) is 5.75 Å². The summed E-state index contributed by atoms with van der Waals surface area (Å²) in [5, 5.41) is 3.44. The van der Waals surface area contributed by atoms with E-state index in [1.165, 1.54) is 11.1 Å². The lowest BCUT2D eigenvalue weighted by atomic mass is 10.1. The standard InChI is InChI=1S/C19H23NO/c1-15-9-11-19(12-10-15)21-14-17(3)20-13-16(2)18-7-5-4-6-8-18/h4-12,17,20H,2,13-14H2,1,3H3. The normalized spacial score (nSPS) is 11.9. The van der Waals surface area contributed by atoms with Crippen molar-refractivity contribution in [2.24, 2.45) is 0 Å². The minimum absolute atomic E-state index is 0.270. The van der Waals surface area contributed by atoms with Crippen molar-refractivity contribution in [2.75, 3.05) is 13.2 Å². The molecule has 0 heterocycles. The predicted molar refractivity (Wildman–Crippen MR) is 89.6 cm³/mol. The van der Waals surface area contributed by atoms with Gasteiger partial charge in [0.25, 0.3) is 0 Å². The Labute approximate surface area is 127 Å². The molecule has 1 N–H and O–H groups in total. The van der Waals surface area contributed by atoms with Crippen LogP contribution in [0.1, 0.15) is 18.1 Å². The van der Waals surface area contributed by atoms with Gasteiger partial charge < -0.3 is 10.1 Å². The average molecular weight is 281 g/mol. The molecule has 110 valence electrons. The quantitative estimate of drug-likeness (QED) is 0.826. The Morgan fingerprint density at radius 2 is 1.76 bits per heavy atom. The second-order valence-corrected chi connectivity index (χ2v) is 5.38. The Bertz CT molecular complexity index is 560. The molecular formula is C19H23NO. The van der Waals surface area contributed by atoms with Gasteiger partial charge in [0.05, 0.1) is 0 Å². The Morgan fingerprint density at radius 1 is 1.10 bits per heavy atom. The molecule has 1 atom stereocenters. The maximum absolute atomic E-state index is 5.77. The van der Waals surface area contributed by atoms with Crippen molar-refractivity contribution in [2.45, 2.75) is 19.9 Å². The molecule has 0 saturated carbocycles. The number of hydrogen-bond donors (Lipinski definition) is 1. The van der Waals surface area contributed by atoms with Gasteiger partial charge in [0, 0.05) is 12.6 Å². The molecule has 0 aliphatic rings. The number of hydrogen-bond acceptors (Lipinski definition) is 2. The van der Waals surface area contributed by atoms with E-state index in [4.69, 9.17) is 4.74 Å². The Morgan fingerprint density at radius 3 is 2.43 bits per heavy atom. The Balaban J connectivity index is 1.73. The smallest absolute Gasteiger partial charge is 0.119 e. The van der Waals surface area contributed by atoms with E-state index in [0.717, 1.165) is 17.9 Å². The van der Waals surface area contributed by atoms with E-state index in [2.05, 4.69) is 50.0 Å². The highest BCUT2D eigenvalue weighted by molar-refractivity contribution is 5.64. The summed E-state index contributed by atoms with van der Waals surface area (Å²) in [7, 11) is 0. The van der Waals surface area contributed by atoms with Gasteiger partial charge in [0.15, 0.2) is 0 Å². The van der Waals surface area contributed by atoms with Crippen LogP contribution in [0.2, 0.25) is 0 Å². The molecule has 2 heteroatoms. The summed E-state index contributed by atoms with van der Waals surface area (Å²) in [5.41, 5.74) is 3.52. The van der Waals surface area contributed by atoms with Gasteiger partial charge in [-0.2, -0.15) is 0 Å².